The Morgan fingerprint density at radius 1 is 1.08 bits per heavy atom. The minimum absolute atomic E-state index is 0.0569. The van der Waals surface area contributed by atoms with Crippen molar-refractivity contribution in [1.29, 1.82) is 0 Å². The molecular formula is C29H40N4O6. The topological polar surface area (TPSA) is 151 Å². The van der Waals surface area contributed by atoms with Crippen LogP contribution in [0, 0.1) is 6.92 Å². The van der Waals surface area contributed by atoms with Crippen LogP contribution in [0.4, 0.5) is 4.79 Å². The van der Waals surface area contributed by atoms with E-state index in [4.69, 9.17) is 10.5 Å². The SMILES string of the molecule is CCCN(C(=O)C(CCC(N)=O)NC(=O)OC(C)(C)C)C(C(=O)NCc1ccccc1)c1ccc(O)c(C)c1. The Morgan fingerprint density at radius 3 is 2.31 bits per heavy atom. The summed E-state index contributed by atoms with van der Waals surface area (Å²) >= 11 is 0. The number of rotatable bonds is 12. The van der Waals surface area contributed by atoms with Crippen LogP contribution in [-0.2, 0) is 25.7 Å². The first-order valence-corrected chi connectivity index (χ1v) is 13.0. The maximum absolute atomic E-state index is 14.0. The van der Waals surface area contributed by atoms with Crippen LogP contribution < -0.4 is 16.4 Å². The Morgan fingerprint density at radius 2 is 1.74 bits per heavy atom. The molecule has 2 atom stereocenters. The Bertz CT molecular complexity index is 1150. The largest absolute Gasteiger partial charge is 0.508 e. The van der Waals surface area contributed by atoms with E-state index in [-0.39, 0.29) is 31.7 Å². The van der Waals surface area contributed by atoms with Crippen molar-refractivity contribution in [1.82, 2.24) is 15.5 Å². The molecule has 2 aromatic rings. The molecule has 2 unspecified atom stereocenters. The van der Waals surface area contributed by atoms with Gasteiger partial charge in [0.05, 0.1) is 0 Å². The van der Waals surface area contributed by atoms with Crippen molar-refractivity contribution in [2.45, 2.75) is 78.1 Å². The maximum atomic E-state index is 14.0. The molecular weight excluding hydrogens is 500 g/mol. The van der Waals surface area contributed by atoms with Crippen LogP contribution >= 0.6 is 0 Å². The Labute approximate surface area is 229 Å². The number of alkyl carbamates (subject to hydrolysis) is 1. The average Bonchev–Trinajstić information content (AvgIpc) is 2.86. The van der Waals surface area contributed by atoms with E-state index < -0.39 is 41.5 Å². The van der Waals surface area contributed by atoms with E-state index in [2.05, 4.69) is 10.6 Å². The lowest BCUT2D eigenvalue weighted by Gasteiger charge is -2.34. The van der Waals surface area contributed by atoms with E-state index >= 15 is 0 Å². The highest BCUT2D eigenvalue weighted by atomic mass is 16.6. The number of aryl methyl sites for hydroxylation is 1. The number of phenolic OH excluding ortho intramolecular Hbond substituents is 1. The van der Waals surface area contributed by atoms with Crippen molar-refractivity contribution in [3.8, 4) is 5.75 Å². The molecule has 0 bridgehead atoms. The molecule has 10 nitrogen and oxygen atoms in total. The second-order valence-electron chi connectivity index (χ2n) is 10.4. The monoisotopic (exact) mass is 540 g/mol. The number of hydrogen-bond donors (Lipinski definition) is 4. The number of carbonyl (C=O) groups excluding carboxylic acids is 4. The quantitative estimate of drug-likeness (QED) is 0.324. The van der Waals surface area contributed by atoms with Gasteiger partial charge in [0.1, 0.15) is 23.4 Å². The number of aromatic hydroxyl groups is 1. The molecule has 5 N–H and O–H groups in total. The molecule has 0 fully saturated rings. The fourth-order valence-electron chi connectivity index (χ4n) is 4.00. The Kier molecular flexibility index (Phi) is 11.3. The first-order chi connectivity index (χ1) is 18.3. The van der Waals surface area contributed by atoms with Gasteiger partial charge in [0.15, 0.2) is 0 Å². The first kappa shape index (κ1) is 31.1. The van der Waals surface area contributed by atoms with Crippen LogP contribution in [0.2, 0.25) is 0 Å². The molecule has 0 aliphatic carbocycles. The van der Waals surface area contributed by atoms with Crippen LogP contribution in [0.15, 0.2) is 48.5 Å². The minimum atomic E-state index is -1.17. The van der Waals surface area contributed by atoms with Crippen LogP contribution in [0.1, 0.15) is 69.7 Å². The molecule has 0 saturated heterocycles. The van der Waals surface area contributed by atoms with Gasteiger partial charge in [0.2, 0.25) is 17.7 Å². The Hall–Kier alpha value is -4.08. The molecule has 0 saturated carbocycles. The van der Waals surface area contributed by atoms with Gasteiger partial charge in [-0.05, 0) is 69.4 Å². The number of benzene rings is 2. The number of nitrogens with zero attached hydrogens (tertiary/aromatic N) is 1. The fraction of sp³-hybridized carbons (Fsp3) is 0.448. The summed E-state index contributed by atoms with van der Waals surface area (Å²) in [7, 11) is 0. The van der Waals surface area contributed by atoms with E-state index in [1.807, 2.05) is 37.3 Å². The normalized spacial score (nSPS) is 12.6. The van der Waals surface area contributed by atoms with Gasteiger partial charge in [-0.25, -0.2) is 4.79 Å². The summed E-state index contributed by atoms with van der Waals surface area (Å²) in [6.45, 7) is 9.06. The molecule has 10 heteroatoms. The molecule has 2 aromatic carbocycles. The van der Waals surface area contributed by atoms with E-state index in [1.54, 1.807) is 39.8 Å². The van der Waals surface area contributed by atoms with Crippen LogP contribution in [0.25, 0.3) is 0 Å². The number of primary amides is 1. The second kappa shape index (κ2) is 14.2. The zero-order valence-electron chi connectivity index (χ0n) is 23.3. The van der Waals surface area contributed by atoms with Crippen molar-refractivity contribution in [2.24, 2.45) is 5.73 Å². The van der Waals surface area contributed by atoms with Gasteiger partial charge in [-0.2, -0.15) is 0 Å². The average molecular weight is 541 g/mol. The van der Waals surface area contributed by atoms with Crippen LogP contribution in [0.3, 0.4) is 0 Å². The maximum Gasteiger partial charge on any atom is 0.408 e. The fourth-order valence-corrected chi connectivity index (χ4v) is 4.00. The van der Waals surface area contributed by atoms with E-state index in [1.165, 1.54) is 11.0 Å². The number of hydrogen-bond acceptors (Lipinski definition) is 6. The van der Waals surface area contributed by atoms with Gasteiger partial charge < -0.3 is 31.1 Å². The summed E-state index contributed by atoms with van der Waals surface area (Å²) in [6, 6.07) is 11.8. The summed E-state index contributed by atoms with van der Waals surface area (Å²) in [5.74, 6) is -1.57. The summed E-state index contributed by atoms with van der Waals surface area (Å²) in [6.07, 6.45) is -0.539. The van der Waals surface area contributed by atoms with Gasteiger partial charge in [-0.1, -0.05) is 43.3 Å². The summed E-state index contributed by atoms with van der Waals surface area (Å²) < 4.78 is 5.33. The van der Waals surface area contributed by atoms with E-state index in [9.17, 15) is 24.3 Å². The van der Waals surface area contributed by atoms with Gasteiger partial charge in [-0.15, -0.1) is 0 Å². The predicted octanol–water partition coefficient (Wildman–Crippen LogP) is 3.46. The summed E-state index contributed by atoms with van der Waals surface area (Å²) in [4.78, 5) is 53.2. The highest BCUT2D eigenvalue weighted by Gasteiger charge is 2.36. The molecule has 0 aromatic heterocycles. The molecule has 212 valence electrons. The van der Waals surface area contributed by atoms with Crippen molar-refractivity contribution in [3.05, 3.63) is 65.2 Å². The Balaban J connectivity index is 2.47. The van der Waals surface area contributed by atoms with Gasteiger partial charge in [0.25, 0.3) is 0 Å². The molecule has 0 radical (unpaired) electrons. The third-order valence-electron chi connectivity index (χ3n) is 5.82. The van der Waals surface area contributed by atoms with Crippen molar-refractivity contribution in [3.63, 3.8) is 0 Å². The lowest BCUT2D eigenvalue weighted by molar-refractivity contribution is -0.142. The van der Waals surface area contributed by atoms with Gasteiger partial charge in [0, 0.05) is 19.5 Å². The van der Waals surface area contributed by atoms with Crippen molar-refractivity contribution in [2.75, 3.05) is 6.54 Å². The molecule has 0 spiro atoms. The van der Waals surface area contributed by atoms with Crippen LogP contribution in [0.5, 0.6) is 5.75 Å². The number of nitrogens with one attached hydrogen (secondary N) is 2. The van der Waals surface area contributed by atoms with E-state index in [0.29, 0.717) is 17.5 Å². The molecule has 2 rings (SSSR count). The highest BCUT2D eigenvalue weighted by molar-refractivity contribution is 5.92. The van der Waals surface area contributed by atoms with Crippen molar-refractivity contribution >= 4 is 23.8 Å². The number of nitrogens with two attached hydrogens (primary N) is 1. The molecule has 4 amide bonds. The number of amides is 4. The van der Waals surface area contributed by atoms with E-state index in [0.717, 1.165) is 5.56 Å². The van der Waals surface area contributed by atoms with Crippen LogP contribution in [-0.4, -0.2) is 52.0 Å². The third kappa shape index (κ3) is 9.96. The predicted molar refractivity (Wildman–Crippen MR) is 147 cm³/mol. The first-order valence-electron chi connectivity index (χ1n) is 13.0. The lowest BCUT2D eigenvalue weighted by Crippen LogP contribution is -2.53. The van der Waals surface area contributed by atoms with Gasteiger partial charge in [-0.3, -0.25) is 14.4 Å². The molecule has 0 heterocycles. The molecule has 39 heavy (non-hydrogen) atoms. The standard InChI is InChI=1S/C29H40N4O6/c1-6-16-33(27(37)22(13-15-24(30)35)32-28(38)39-29(3,4)5)25(21-12-14-23(34)19(2)17-21)26(36)31-18-20-10-8-7-9-11-20/h7-12,14,17,22,25,34H,6,13,15-16,18H2,1-5H3,(H2,30,35)(H,31,36)(H,32,38). The second-order valence-corrected chi connectivity index (χ2v) is 10.4. The third-order valence-corrected chi connectivity index (χ3v) is 5.82. The van der Waals surface area contributed by atoms with Gasteiger partial charge >= 0.3 is 6.09 Å². The summed E-state index contributed by atoms with van der Waals surface area (Å²) in [5, 5.41) is 15.5. The smallest absolute Gasteiger partial charge is 0.408 e. The highest BCUT2D eigenvalue weighted by Crippen LogP contribution is 2.28. The summed E-state index contributed by atoms with van der Waals surface area (Å²) in [5.41, 5.74) is 6.43. The zero-order valence-corrected chi connectivity index (χ0v) is 23.3. The van der Waals surface area contributed by atoms with Crippen molar-refractivity contribution < 1.29 is 29.0 Å². The molecule has 0 aliphatic heterocycles. The number of ether oxygens (including phenoxy) is 1. The minimum Gasteiger partial charge on any atom is -0.508 e. The lowest BCUT2D eigenvalue weighted by atomic mass is 9.99. The zero-order chi connectivity index (χ0) is 29.2. The molecule has 0 aliphatic rings. The number of carbonyl (C=O) groups is 4. The number of phenols is 1.